The van der Waals surface area contributed by atoms with E-state index in [2.05, 4.69) is 9.97 Å². The summed E-state index contributed by atoms with van der Waals surface area (Å²) in [6.45, 7) is 4.50. The summed E-state index contributed by atoms with van der Waals surface area (Å²) in [6.07, 6.45) is 1.31. The van der Waals surface area contributed by atoms with Gasteiger partial charge in [-0.05, 0) is 49.9 Å². The fourth-order valence-corrected chi connectivity index (χ4v) is 5.24. The normalized spacial score (nSPS) is 17.6. The highest BCUT2D eigenvalue weighted by Crippen LogP contribution is 2.26. The minimum atomic E-state index is -3.58. The predicted octanol–water partition coefficient (Wildman–Crippen LogP) is 3.99. The fraction of sp³-hybridized carbons (Fsp3) is 0.304. The summed E-state index contributed by atoms with van der Waals surface area (Å²) in [5.41, 5.74) is 2.88. The minimum Gasteiger partial charge on any atom is -0.473 e. The summed E-state index contributed by atoms with van der Waals surface area (Å²) in [7, 11) is -3.58. The lowest BCUT2D eigenvalue weighted by atomic mass is 10.1. The van der Waals surface area contributed by atoms with Gasteiger partial charge in [0.2, 0.25) is 15.9 Å². The molecule has 0 aliphatic carbocycles. The van der Waals surface area contributed by atoms with Gasteiger partial charge >= 0.3 is 0 Å². The Balaban J connectivity index is 1.49. The van der Waals surface area contributed by atoms with Gasteiger partial charge in [-0.2, -0.15) is 9.29 Å². The van der Waals surface area contributed by atoms with Crippen molar-refractivity contribution in [2.45, 2.75) is 37.7 Å². The zero-order valence-electron chi connectivity index (χ0n) is 17.2. The number of hydrogen-bond donors (Lipinski definition) is 0. The van der Waals surface area contributed by atoms with Gasteiger partial charge in [0.25, 0.3) is 0 Å². The average Bonchev–Trinajstić information content (AvgIpc) is 2.74. The van der Waals surface area contributed by atoms with E-state index in [1.807, 2.05) is 56.3 Å². The van der Waals surface area contributed by atoms with Crippen LogP contribution in [0.15, 0.2) is 65.6 Å². The lowest BCUT2D eigenvalue weighted by molar-refractivity contribution is 0.124. The van der Waals surface area contributed by atoms with E-state index in [9.17, 15) is 8.42 Å². The molecule has 1 unspecified atom stereocenters. The molecule has 1 saturated heterocycles. The molecule has 0 radical (unpaired) electrons. The maximum Gasteiger partial charge on any atom is 0.243 e. The first-order valence-corrected chi connectivity index (χ1v) is 11.5. The molecule has 0 bridgehead atoms. The summed E-state index contributed by atoms with van der Waals surface area (Å²) in [6, 6.07) is 18.8. The van der Waals surface area contributed by atoms with E-state index < -0.39 is 10.0 Å². The molecule has 0 amide bonds. The second-order valence-electron chi connectivity index (χ2n) is 7.53. The molecule has 1 aliphatic rings. The standard InChI is InChI=1S/C23H25N3O3S/c1-17-15-23(25-18(2)24-17)29-21-9-6-14-26(16-21)30(27,28)22-12-10-20(11-13-22)19-7-4-3-5-8-19/h3-5,7-8,10-13,15,21H,6,9,14,16H2,1-2H3. The van der Waals surface area contributed by atoms with E-state index in [1.54, 1.807) is 18.2 Å². The number of ether oxygens (including phenoxy) is 1. The average molecular weight is 424 g/mol. The van der Waals surface area contributed by atoms with Gasteiger partial charge in [-0.1, -0.05) is 42.5 Å². The summed E-state index contributed by atoms with van der Waals surface area (Å²) >= 11 is 0. The van der Waals surface area contributed by atoms with E-state index in [-0.39, 0.29) is 6.10 Å². The van der Waals surface area contributed by atoms with E-state index >= 15 is 0 Å². The molecule has 1 aliphatic heterocycles. The predicted molar refractivity (Wildman–Crippen MR) is 116 cm³/mol. The molecule has 2 heterocycles. The Morgan fingerprint density at radius 3 is 2.37 bits per heavy atom. The molecule has 4 rings (SSSR count). The van der Waals surface area contributed by atoms with E-state index in [1.165, 1.54) is 4.31 Å². The highest BCUT2D eigenvalue weighted by Gasteiger charge is 2.31. The molecule has 0 N–H and O–H groups in total. The minimum absolute atomic E-state index is 0.231. The largest absolute Gasteiger partial charge is 0.473 e. The monoisotopic (exact) mass is 423 g/mol. The Bertz CT molecular complexity index is 1100. The van der Waals surface area contributed by atoms with Crippen molar-refractivity contribution in [3.8, 4) is 17.0 Å². The molecule has 3 aromatic rings. The van der Waals surface area contributed by atoms with Gasteiger partial charge in [0, 0.05) is 18.3 Å². The summed E-state index contributed by atoms with van der Waals surface area (Å²) in [5, 5.41) is 0. The van der Waals surface area contributed by atoms with Crippen LogP contribution in [-0.2, 0) is 10.0 Å². The lowest BCUT2D eigenvalue weighted by Crippen LogP contribution is -2.44. The number of benzene rings is 2. The van der Waals surface area contributed by atoms with Gasteiger partial charge in [0.05, 0.1) is 11.4 Å². The number of nitrogens with zero attached hydrogens (tertiary/aromatic N) is 3. The van der Waals surface area contributed by atoms with Crippen molar-refractivity contribution in [3.05, 3.63) is 72.2 Å². The van der Waals surface area contributed by atoms with Crippen molar-refractivity contribution in [3.63, 3.8) is 0 Å². The number of hydrogen-bond acceptors (Lipinski definition) is 5. The van der Waals surface area contributed by atoms with Crippen LogP contribution >= 0.6 is 0 Å². The zero-order chi connectivity index (χ0) is 21.1. The maximum absolute atomic E-state index is 13.2. The van der Waals surface area contributed by atoms with Crippen LogP contribution in [0.25, 0.3) is 11.1 Å². The third-order valence-corrected chi connectivity index (χ3v) is 7.05. The Hall–Kier alpha value is -2.77. The smallest absolute Gasteiger partial charge is 0.243 e. The van der Waals surface area contributed by atoms with Crippen LogP contribution in [0.4, 0.5) is 0 Å². The van der Waals surface area contributed by atoms with Crippen molar-refractivity contribution < 1.29 is 13.2 Å². The van der Waals surface area contributed by atoms with E-state index in [0.717, 1.165) is 29.7 Å². The van der Waals surface area contributed by atoms with Crippen LogP contribution in [0.5, 0.6) is 5.88 Å². The zero-order valence-corrected chi connectivity index (χ0v) is 18.0. The van der Waals surface area contributed by atoms with E-state index in [4.69, 9.17) is 4.74 Å². The van der Waals surface area contributed by atoms with Crippen LogP contribution < -0.4 is 4.74 Å². The molecule has 156 valence electrons. The van der Waals surface area contributed by atoms with Crippen molar-refractivity contribution >= 4 is 10.0 Å². The van der Waals surface area contributed by atoms with Crippen molar-refractivity contribution in [1.29, 1.82) is 0 Å². The number of aryl methyl sites for hydroxylation is 2. The Kier molecular flexibility index (Phi) is 5.83. The van der Waals surface area contributed by atoms with Crippen LogP contribution in [0, 0.1) is 13.8 Å². The molecule has 1 fully saturated rings. The summed E-state index contributed by atoms with van der Waals surface area (Å²) < 4.78 is 33.9. The van der Waals surface area contributed by atoms with Crippen LogP contribution in [0.2, 0.25) is 0 Å². The van der Waals surface area contributed by atoms with Gasteiger partial charge in [0.15, 0.2) is 0 Å². The van der Waals surface area contributed by atoms with Gasteiger partial charge in [-0.3, -0.25) is 0 Å². The Morgan fingerprint density at radius 2 is 1.67 bits per heavy atom. The highest BCUT2D eigenvalue weighted by molar-refractivity contribution is 7.89. The van der Waals surface area contributed by atoms with Gasteiger partial charge in [-0.25, -0.2) is 13.4 Å². The molecule has 1 atom stereocenters. The first kappa shape index (κ1) is 20.5. The highest BCUT2D eigenvalue weighted by atomic mass is 32.2. The molecule has 0 saturated carbocycles. The Morgan fingerprint density at radius 1 is 0.967 bits per heavy atom. The van der Waals surface area contributed by atoms with E-state index in [0.29, 0.717) is 29.7 Å². The van der Waals surface area contributed by atoms with Crippen LogP contribution in [-0.4, -0.2) is 41.9 Å². The molecular formula is C23H25N3O3S. The molecule has 30 heavy (non-hydrogen) atoms. The third-order valence-electron chi connectivity index (χ3n) is 5.17. The molecule has 2 aromatic carbocycles. The van der Waals surface area contributed by atoms with Crippen LogP contribution in [0.3, 0.4) is 0 Å². The van der Waals surface area contributed by atoms with Crippen molar-refractivity contribution in [2.24, 2.45) is 0 Å². The molecular weight excluding hydrogens is 398 g/mol. The second-order valence-corrected chi connectivity index (χ2v) is 9.47. The second kappa shape index (κ2) is 8.53. The maximum atomic E-state index is 13.2. The van der Waals surface area contributed by atoms with Crippen molar-refractivity contribution in [1.82, 2.24) is 14.3 Å². The number of rotatable bonds is 5. The van der Waals surface area contributed by atoms with Gasteiger partial charge < -0.3 is 4.74 Å². The quantitative estimate of drug-likeness (QED) is 0.620. The first-order valence-electron chi connectivity index (χ1n) is 10.1. The van der Waals surface area contributed by atoms with Gasteiger partial charge in [-0.15, -0.1) is 0 Å². The molecule has 1 aromatic heterocycles. The number of aromatic nitrogens is 2. The number of piperidine rings is 1. The fourth-order valence-electron chi connectivity index (χ4n) is 3.73. The third kappa shape index (κ3) is 4.52. The molecule has 0 spiro atoms. The SMILES string of the molecule is Cc1cc(OC2CCCN(S(=O)(=O)c3ccc(-c4ccccc4)cc3)C2)nc(C)n1. The first-order chi connectivity index (χ1) is 14.4. The summed E-state index contributed by atoms with van der Waals surface area (Å²) in [4.78, 5) is 8.87. The summed E-state index contributed by atoms with van der Waals surface area (Å²) in [5.74, 6) is 1.14. The lowest BCUT2D eigenvalue weighted by Gasteiger charge is -2.32. The Labute approximate surface area is 177 Å². The number of sulfonamides is 1. The molecule has 6 nitrogen and oxygen atoms in total. The van der Waals surface area contributed by atoms with Crippen LogP contribution in [0.1, 0.15) is 24.4 Å². The topological polar surface area (TPSA) is 72.4 Å². The van der Waals surface area contributed by atoms with Gasteiger partial charge in [0.1, 0.15) is 11.9 Å². The molecule has 7 heteroatoms. The van der Waals surface area contributed by atoms with Crippen molar-refractivity contribution in [2.75, 3.05) is 13.1 Å².